The summed E-state index contributed by atoms with van der Waals surface area (Å²) < 4.78 is 1.33. The summed E-state index contributed by atoms with van der Waals surface area (Å²) in [5, 5.41) is 3.83. The molecular formula is C23H31N3O3. The molecule has 4 rings (SSSR count). The van der Waals surface area contributed by atoms with Crippen LogP contribution >= 0.6 is 0 Å². The average Bonchev–Trinajstić information content (AvgIpc) is 3.00. The van der Waals surface area contributed by atoms with Crippen molar-refractivity contribution in [3.05, 3.63) is 45.1 Å². The number of rotatable bonds is 4. The quantitative estimate of drug-likeness (QED) is 0.776. The molecule has 0 bridgehead atoms. The van der Waals surface area contributed by atoms with E-state index in [4.69, 9.17) is 0 Å². The van der Waals surface area contributed by atoms with Crippen molar-refractivity contribution >= 4 is 16.8 Å². The molecule has 2 N–H and O–H groups in total. The van der Waals surface area contributed by atoms with Gasteiger partial charge >= 0.3 is 5.69 Å². The van der Waals surface area contributed by atoms with Crippen LogP contribution in [0.1, 0.15) is 64.2 Å². The SMILES string of the molecule is O=C(NC1CCCCCC1)C1CCC(Cn2c(=O)[nH]c3ccccc3c2=O)CC1. The average molecular weight is 398 g/mol. The molecule has 2 fully saturated rings. The Morgan fingerprint density at radius 1 is 0.966 bits per heavy atom. The highest BCUT2D eigenvalue weighted by atomic mass is 16.2. The number of benzene rings is 1. The largest absolute Gasteiger partial charge is 0.353 e. The molecule has 1 amide bonds. The van der Waals surface area contributed by atoms with Crippen molar-refractivity contribution in [2.45, 2.75) is 76.8 Å². The van der Waals surface area contributed by atoms with E-state index in [1.54, 1.807) is 12.1 Å². The fraction of sp³-hybridized carbons (Fsp3) is 0.609. The number of nitrogens with zero attached hydrogens (tertiary/aromatic N) is 1. The predicted molar refractivity (Wildman–Crippen MR) is 114 cm³/mol. The van der Waals surface area contributed by atoms with Crippen LogP contribution in [0.25, 0.3) is 10.9 Å². The van der Waals surface area contributed by atoms with Gasteiger partial charge in [0.25, 0.3) is 5.56 Å². The van der Waals surface area contributed by atoms with Crippen molar-refractivity contribution in [1.82, 2.24) is 14.9 Å². The fourth-order valence-corrected chi connectivity index (χ4v) is 4.97. The number of carbonyl (C=O) groups is 1. The van der Waals surface area contributed by atoms with E-state index >= 15 is 0 Å². The first-order valence-corrected chi connectivity index (χ1v) is 11.1. The molecule has 0 radical (unpaired) electrons. The second kappa shape index (κ2) is 8.97. The lowest BCUT2D eigenvalue weighted by Gasteiger charge is -2.29. The summed E-state index contributed by atoms with van der Waals surface area (Å²) in [6, 6.07) is 7.46. The Kier molecular flexibility index (Phi) is 6.16. The number of para-hydroxylation sites is 1. The number of hydrogen-bond donors (Lipinski definition) is 2. The normalized spacial score (nSPS) is 23.6. The smallest absolute Gasteiger partial charge is 0.328 e. The van der Waals surface area contributed by atoms with Crippen molar-refractivity contribution in [3.63, 3.8) is 0 Å². The van der Waals surface area contributed by atoms with Crippen LogP contribution in [-0.2, 0) is 11.3 Å². The van der Waals surface area contributed by atoms with Crippen LogP contribution in [0, 0.1) is 11.8 Å². The van der Waals surface area contributed by atoms with Crippen molar-refractivity contribution < 1.29 is 4.79 Å². The van der Waals surface area contributed by atoms with Crippen LogP contribution in [-0.4, -0.2) is 21.5 Å². The van der Waals surface area contributed by atoms with Crippen LogP contribution < -0.4 is 16.6 Å². The van der Waals surface area contributed by atoms with Gasteiger partial charge in [0.1, 0.15) is 0 Å². The van der Waals surface area contributed by atoms with Gasteiger partial charge in [0.2, 0.25) is 5.91 Å². The van der Waals surface area contributed by atoms with Gasteiger partial charge in [0.05, 0.1) is 10.9 Å². The van der Waals surface area contributed by atoms with Crippen LogP contribution in [0.5, 0.6) is 0 Å². The zero-order valence-corrected chi connectivity index (χ0v) is 17.0. The monoisotopic (exact) mass is 397 g/mol. The summed E-state index contributed by atoms with van der Waals surface area (Å²) in [4.78, 5) is 40.6. The Morgan fingerprint density at radius 2 is 1.66 bits per heavy atom. The Morgan fingerprint density at radius 3 is 2.38 bits per heavy atom. The minimum absolute atomic E-state index is 0.0705. The molecular weight excluding hydrogens is 366 g/mol. The van der Waals surface area contributed by atoms with Crippen LogP contribution in [0.15, 0.2) is 33.9 Å². The summed E-state index contributed by atoms with van der Waals surface area (Å²) in [5.41, 5.74) is 0.0113. The molecule has 0 unspecified atom stereocenters. The van der Waals surface area contributed by atoms with E-state index in [9.17, 15) is 14.4 Å². The lowest BCUT2D eigenvalue weighted by molar-refractivity contribution is -0.127. The maximum atomic E-state index is 12.7. The van der Waals surface area contributed by atoms with Crippen LogP contribution in [0.3, 0.4) is 0 Å². The van der Waals surface area contributed by atoms with E-state index in [-0.39, 0.29) is 29.0 Å². The summed E-state index contributed by atoms with van der Waals surface area (Å²) >= 11 is 0. The highest BCUT2D eigenvalue weighted by Crippen LogP contribution is 2.30. The van der Waals surface area contributed by atoms with Crippen molar-refractivity contribution in [2.75, 3.05) is 0 Å². The molecule has 2 aliphatic rings. The van der Waals surface area contributed by atoms with E-state index in [0.717, 1.165) is 38.5 Å². The van der Waals surface area contributed by atoms with Crippen molar-refractivity contribution in [2.24, 2.45) is 11.8 Å². The van der Waals surface area contributed by atoms with Gasteiger partial charge in [-0.1, -0.05) is 37.8 Å². The molecule has 2 saturated carbocycles. The molecule has 6 heteroatoms. The molecule has 6 nitrogen and oxygen atoms in total. The molecule has 1 heterocycles. The molecule has 2 aromatic rings. The van der Waals surface area contributed by atoms with E-state index in [0.29, 0.717) is 23.5 Å². The third kappa shape index (κ3) is 4.62. The summed E-state index contributed by atoms with van der Waals surface area (Å²) in [7, 11) is 0. The third-order valence-electron chi connectivity index (χ3n) is 6.75. The second-order valence-electron chi connectivity index (χ2n) is 8.81. The minimum Gasteiger partial charge on any atom is -0.353 e. The van der Waals surface area contributed by atoms with E-state index in [1.807, 2.05) is 12.1 Å². The van der Waals surface area contributed by atoms with Crippen molar-refractivity contribution in [1.29, 1.82) is 0 Å². The Balaban J connectivity index is 1.35. The molecule has 0 aliphatic heterocycles. The summed E-state index contributed by atoms with van der Waals surface area (Å²) in [6.07, 6.45) is 10.6. The van der Waals surface area contributed by atoms with Gasteiger partial charge in [-0.3, -0.25) is 14.2 Å². The first-order chi connectivity index (χ1) is 14.1. The molecule has 29 heavy (non-hydrogen) atoms. The molecule has 0 saturated heterocycles. The Bertz CT molecular complexity index is 961. The van der Waals surface area contributed by atoms with E-state index in [2.05, 4.69) is 10.3 Å². The number of hydrogen-bond acceptors (Lipinski definition) is 3. The van der Waals surface area contributed by atoms with Gasteiger partial charge in [-0.05, 0) is 56.6 Å². The Hall–Kier alpha value is -2.37. The number of nitrogens with one attached hydrogen (secondary N) is 2. The molecule has 1 aromatic heterocycles. The van der Waals surface area contributed by atoms with Crippen molar-refractivity contribution in [3.8, 4) is 0 Å². The highest BCUT2D eigenvalue weighted by Gasteiger charge is 2.28. The minimum atomic E-state index is -0.345. The maximum absolute atomic E-state index is 12.7. The lowest BCUT2D eigenvalue weighted by Crippen LogP contribution is -2.41. The third-order valence-corrected chi connectivity index (χ3v) is 6.75. The fourth-order valence-electron chi connectivity index (χ4n) is 4.97. The number of aromatic amines is 1. The number of fused-ring (bicyclic) bond motifs is 1. The Labute approximate surface area is 170 Å². The molecule has 1 aromatic carbocycles. The standard InChI is InChI=1S/C23H31N3O3/c27-21(24-18-7-3-1-2-4-8-18)17-13-11-16(12-14-17)15-26-22(28)19-9-5-6-10-20(19)25-23(26)29/h5-6,9-10,16-18H,1-4,7-8,11-15H2,(H,24,27)(H,25,29). The van der Waals surface area contributed by atoms with Crippen LogP contribution in [0.4, 0.5) is 0 Å². The zero-order valence-electron chi connectivity index (χ0n) is 17.0. The molecule has 156 valence electrons. The number of aromatic nitrogens is 2. The molecule has 0 atom stereocenters. The first-order valence-electron chi connectivity index (χ1n) is 11.1. The topological polar surface area (TPSA) is 84.0 Å². The van der Waals surface area contributed by atoms with Gasteiger partial charge in [0.15, 0.2) is 0 Å². The van der Waals surface area contributed by atoms with Gasteiger partial charge in [0, 0.05) is 18.5 Å². The van der Waals surface area contributed by atoms with Gasteiger partial charge in [-0.2, -0.15) is 0 Å². The highest BCUT2D eigenvalue weighted by molar-refractivity contribution is 5.79. The van der Waals surface area contributed by atoms with Gasteiger partial charge < -0.3 is 10.3 Å². The molecule has 0 spiro atoms. The summed E-state index contributed by atoms with van der Waals surface area (Å²) in [6.45, 7) is 0.427. The van der Waals surface area contributed by atoms with Gasteiger partial charge in [-0.15, -0.1) is 0 Å². The van der Waals surface area contributed by atoms with Crippen LogP contribution in [0.2, 0.25) is 0 Å². The predicted octanol–water partition coefficient (Wildman–Crippen LogP) is 3.34. The number of carbonyl (C=O) groups excluding carboxylic acids is 1. The second-order valence-corrected chi connectivity index (χ2v) is 8.81. The van der Waals surface area contributed by atoms with E-state index < -0.39 is 0 Å². The number of H-pyrrole nitrogens is 1. The van der Waals surface area contributed by atoms with Gasteiger partial charge in [-0.25, -0.2) is 4.79 Å². The number of amides is 1. The zero-order chi connectivity index (χ0) is 20.2. The maximum Gasteiger partial charge on any atom is 0.328 e. The first kappa shape index (κ1) is 19.9. The summed E-state index contributed by atoms with van der Waals surface area (Å²) in [5.74, 6) is 0.536. The van der Waals surface area contributed by atoms with E-state index in [1.165, 1.54) is 30.3 Å². The lowest BCUT2D eigenvalue weighted by atomic mass is 9.81. The molecule has 2 aliphatic carbocycles.